The van der Waals surface area contributed by atoms with E-state index in [0.717, 1.165) is 5.69 Å². The summed E-state index contributed by atoms with van der Waals surface area (Å²) in [5.74, 6) is 0. The Balaban J connectivity index is 0.998. The summed E-state index contributed by atoms with van der Waals surface area (Å²) in [6, 6.07) is 95.8. The zero-order chi connectivity index (χ0) is 45.0. The molecular weight excluding hydrogens is 839 g/mol. The molecule has 13 aromatic rings. The average molecular weight is 882 g/mol. The summed E-state index contributed by atoms with van der Waals surface area (Å²) in [5, 5.41) is 5.04. The van der Waals surface area contributed by atoms with Gasteiger partial charge in [-0.25, -0.2) is 0 Å². The first-order valence-electron chi connectivity index (χ1n) is 23.3. The second-order valence-corrected chi connectivity index (χ2v) is 18.7. The quantitative estimate of drug-likeness (QED) is 0.143. The molecular formula is C66H43NS. The maximum absolute atomic E-state index is 2.44. The van der Waals surface area contributed by atoms with E-state index in [1.54, 1.807) is 0 Å². The van der Waals surface area contributed by atoms with Gasteiger partial charge in [0.05, 0.1) is 11.0 Å². The Bertz CT molecular complexity index is 3980. The summed E-state index contributed by atoms with van der Waals surface area (Å²) in [6.07, 6.45) is 0. The number of fused-ring (bicyclic) bond motifs is 6. The maximum Gasteiger partial charge on any atom is 0.0541 e. The molecule has 1 nitrogen and oxygen atoms in total. The fourth-order valence-electron chi connectivity index (χ4n) is 10.2. The predicted octanol–water partition coefficient (Wildman–Crippen LogP) is 18.8. The van der Waals surface area contributed by atoms with Gasteiger partial charge >= 0.3 is 0 Å². The number of thiophene rings is 1. The lowest BCUT2D eigenvalue weighted by Gasteiger charge is -2.13. The molecule has 11 aromatic carbocycles. The summed E-state index contributed by atoms with van der Waals surface area (Å²) < 4.78 is 5.06. The van der Waals surface area contributed by atoms with Crippen molar-refractivity contribution in [2.45, 2.75) is 0 Å². The van der Waals surface area contributed by atoms with Gasteiger partial charge in [-0.1, -0.05) is 194 Å². The molecule has 0 spiro atoms. The highest BCUT2D eigenvalue weighted by Gasteiger charge is 2.18. The van der Waals surface area contributed by atoms with Crippen LogP contribution in [0, 0.1) is 0 Å². The fraction of sp³-hybridized carbons (Fsp3) is 0. The van der Waals surface area contributed by atoms with Gasteiger partial charge in [0.1, 0.15) is 0 Å². The molecule has 2 heterocycles. The molecule has 0 fully saturated rings. The van der Waals surface area contributed by atoms with Crippen molar-refractivity contribution < 1.29 is 0 Å². The van der Waals surface area contributed by atoms with E-state index in [1.807, 2.05) is 11.3 Å². The van der Waals surface area contributed by atoms with Crippen LogP contribution in [-0.4, -0.2) is 4.57 Å². The first-order valence-corrected chi connectivity index (χ1v) is 24.1. The minimum Gasteiger partial charge on any atom is -0.309 e. The summed E-state index contributed by atoms with van der Waals surface area (Å²) in [7, 11) is 0. The van der Waals surface area contributed by atoms with Gasteiger partial charge in [0, 0.05) is 36.6 Å². The van der Waals surface area contributed by atoms with Gasteiger partial charge in [-0.15, -0.1) is 11.3 Å². The number of hydrogen-bond acceptors (Lipinski definition) is 1. The molecule has 0 amide bonds. The van der Waals surface area contributed by atoms with Crippen LogP contribution in [0.5, 0.6) is 0 Å². The van der Waals surface area contributed by atoms with E-state index < -0.39 is 0 Å². The molecule has 0 aliphatic heterocycles. The van der Waals surface area contributed by atoms with Crippen LogP contribution in [0.4, 0.5) is 0 Å². The van der Waals surface area contributed by atoms with Crippen molar-refractivity contribution in [3.05, 3.63) is 261 Å². The molecule has 2 aromatic heterocycles. The van der Waals surface area contributed by atoms with Crippen LogP contribution in [-0.2, 0) is 0 Å². The topological polar surface area (TPSA) is 4.93 Å². The Morgan fingerprint density at radius 3 is 1.21 bits per heavy atom. The third-order valence-electron chi connectivity index (χ3n) is 13.6. The van der Waals surface area contributed by atoms with Gasteiger partial charge in [-0.05, 0) is 145 Å². The lowest BCUT2D eigenvalue weighted by Crippen LogP contribution is -1.94. The standard InChI is InChI=1S/C66H43NS/c1-5-15-44(16-6-1)47-27-29-48(30-28-47)54-37-55(39-56(38-54)53-33-36-65-62(43-53)59-26-14-25-58(66(59)68-65)49-21-11-4-12-22-49)52-32-35-64-61(42-52)60-41-51(46-19-9-3-10-20-46)31-34-63(60)67(64)57-24-13-23-50(40-57)45-17-7-2-8-18-45/h1-43H. The molecule has 13 rings (SSSR count). The van der Waals surface area contributed by atoms with Gasteiger partial charge in [0.25, 0.3) is 0 Å². The minimum atomic E-state index is 1.14. The molecule has 0 saturated heterocycles. The number of aromatic nitrogens is 1. The van der Waals surface area contributed by atoms with E-state index in [0.29, 0.717) is 0 Å². The first kappa shape index (κ1) is 39.8. The van der Waals surface area contributed by atoms with Crippen molar-refractivity contribution in [2.24, 2.45) is 0 Å². The molecule has 0 N–H and O–H groups in total. The first-order chi connectivity index (χ1) is 33.7. The SMILES string of the molecule is c1ccc(-c2ccc(-c3cc(-c4ccc5sc6c(-c7ccccc7)cccc6c5c4)cc(-c4ccc5c(c4)c4cc(-c6ccccc6)ccc4n5-c4cccc(-c5ccccc5)c4)c3)cc2)cc1. The van der Waals surface area contributed by atoms with Gasteiger partial charge < -0.3 is 4.57 Å². The van der Waals surface area contributed by atoms with Crippen molar-refractivity contribution >= 4 is 53.3 Å². The molecule has 0 bridgehead atoms. The van der Waals surface area contributed by atoms with Crippen molar-refractivity contribution in [3.8, 4) is 83.6 Å². The van der Waals surface area contributed by atoms with Crippen LogP contribution in [0.2, 0.25) is 0 Å². The summed E-state index contributed by atoms with van der Waals surface area (Å²) in [4.78, 5) is 0. The van der Waals surface area contributed by atoms with Crippen LogP contribution in [0.25, 0.3) is 126 Å². The van der Waals surface area contributed by atoms with E-state index in [2.05, 4.69) is 265 Å². The fourth-order valence-corrected chi connectivity index (χ4v) is 11.4. The summed E-state index contributed by atoms with van der Waals surface area (Å²) in [6.45, 7) is 0. The van der Waals surface area contributed by atoms with Crippen molar-refractivity contribution in [3.63, 3.8) is 0 Å². The average Bonchev–Trinajstić information content (AvgIpc) is 3.97. The molecule has 0 saturated carbocycles. The lowest BCUT2D eigenvalue weighted by molar-refractivity contribution is 1.18. The number of nitrogens with zero attached hydrogens (tertiary/aromatic N) is 1. The molecule has 0 atom stereocenters. The van der Waals surface area contributed by atoms with Gasteiger partial charge in [0.2, 0.25) is 0 Å². The van der Waals surface area contributed by atoms with Crippen LogP contribution < -0.4 is 0 Å². The molecule has 68 heavy (non-hydrogen) atoms. The minimum absolute atomic E-state index is 1.14. The number of hydrogen-bond donors (Lipinski definition) is 0. The monoisotopic (exact) mass is 881 g/mol. The Hall–Kier alpha value is -8.56. The van der Waals surface area contributed by atoms with Gasteiger partial charge in [-0.2, -0.15) is 0 Å². The van der Waals surface area contributed by atoms with Crippen molar-refractivity contribution in [1.29, 1.82) is 0 Å². The molecule has 0 radical (unpaired) electrons. The van der Waals surface area contributed by atoms with Crippen LogP contribution in [0.15, 0.2) is 261 Å². The third kappa shape index (κ3) is 7.11. The molecule has 2 heteroatoms. The lowest BCUT2D eigenvalue weighted by atomic mass is 9.91. The van der Waals surface area contributed by atoms with E-state index in [9.17, 15) is 0 Å². The van der Waals surface area contributed by atoms with E-state index in [-0.39, 0.29) is 0 Å². The van der Waals surface area contributed by atoms with Gasteiger partial charge in [0.15, 0.2) is 0 Å². The highest BCUT2D eigenvalue weighted by Crippen LogP contribution is 2.44. The molecule has 0 aliphatic carbocycles. The second-order valence-electron chi connectivity index (χ2n) is 17.7. The Kier molecular flexibility index (Phi) is 9.77. The highest BCUT2D eigenvalue weighted by molar-refractivity contribution is 7.26. The molecule has 0 aliphatic rings. The van der Waals surface area contributed by atoms with E-state index >= 15 is 0 Å². The van der Waals surface area contributed by atoms with Crippen LogP contribution in [0.1, 0.15) is 0 Å². The van der Waals surface area contributed by atoms with Gasteiger partial charge in [-0.3, -0.25) is 0 Å². The zero-order valence-electron chi connectivity index (χ0n) is 37.2. The zero-order valence-corrected chi connectivity index (χ0v) is 38.0. The molecule has 0 unspecified atom stereocenters. The Labute approximate surface area is 400 Å². The summed E-state index contributed by atoms with van der Waals surface area (Å²) in [5.41, 5.74) is 20.4. The Morgan fingerprint density at radius 1 is 0.235 bits per heavy atom. The van der Waals surface area contributed by atoms with Crippen LogP contribution >= 0.6 is 11.3 Å². The molecule has 318 valence electrons. The Morgan fingerprint density at radius 2 is 0.632 bits per heavy atom. The normalized spacial score (nSPS) is 11.5. The van der Waals surface area contributed by atoms with Crippen molar-refractivity contribution in [1.82, 2.24) is 4.57 Å². The second kappa shape index (κ2) is 16.7. The summed E-state index contributed by atoms with van der Waals surface area (Å²) >= 11 is 1.89. The van der Waals surface area contributed by atoms with E-state index in [4.69, 9.17) is 0 Å². The number of rotatable bonds is 8. The predicted molar refractivity (Wildman–Crippen MR) is 292 cm³/mol. The number of benzene rings is 11. The highest BCUT2D eigenvalue weighted by atomic mass is 32.1. The van der Waals surface area contributed by atoms with Crippen LogP contribution in [0.3, 0.4) is 0 Å². The smallest absolute Gasteiger partial charge is 0.0541 e. The maximum atomic E-state index is 2.44. The third-order valence-corrected chi connectivity index (χ3v) is 14.8. The largest absolute Gasteiger partial charge is 0.309 e. The van der Waals surface area contributed by atoms with E-state index in [1.165, 1.54) is 120 Å². The van der Waals surface area contributed by atoms with Crippen molar-refractivity contribution in [2.75, 3.05) is 0 Å².